The summed E-state index contributed by atoms with van der Waals surface area (Å²) in [7, 11) is -11.0. The van der Waals surface area contributed by atoms with Crippen LogP contribution in [0, 0.1) is 5.92 Å². The van der Waals surface area contributed by atoms with E-state index < -0.39 is 102 Å². The fourth-order valence-electron chi connectivity index (χ4n) is 6.39. The van der Waals surface area contributed by atoms with Crippen molar-refractivity contribution in [2.24, 2.45) is 5.92 Å². The zero-order valence-electron chi connectivity index (χ0n) is 39.1. The van der Waals surface area contributed by atoms with Crippen LogP contribution in [-0.2, 0) is 46.3 Å². The summed E-state index contributed by atoms with van der Waals surface area (Å²) in [6.07, 6.45) is 15.9. The Bertz CT molecular complexity index is 1940. The number of anilines is 1. The van der Waals surface area contributed by atoms with Gasteiger partial charge in [0.1, 0.15) is 30.7 Å². The minimum atomic E-state index is -5.50. The number of unbranched alkanes of at least 4 members (excludes halogenated alkanes) is 5. The first kappa shape index (κ1) is 60.5. The van der Waals surface area contributed by atoms with Crippen molar-refractivity contribution in [2.75, 3.05) is 25.6 Å². The third-order valence-electron chi connectivity index (χ3n) is 10.5. The number of rotatable bonds is 35. The number of aromatic nitrogens is 2. The first-order valence-corrected chi connectivity index (χ1v) is 26.0. The van der Waals surface area contributed by atoms with Gasteiger partial charge in [0, 0.05) is 19.0 Å². The number of phosphoric ester groups is 2. The molecule has 1 fully saturated rings. The predicted molar refractivity (Wildman–Crippen MR) is 251 cm³/mol. The molecular formula is C45H73N3O18P2. The number of ether oxygens (including phenoxy) is 3. The van der Waals surface area contributed by atoms with Crippen LogP contribution < -0.4 is 11.4 Å². The highest BCUT2D eigenvalue weighted by atomic mass is 31.3. The van der Waals surface area contributed by atoms with Crippen LogP contribution in [0.5, 0.6) is 0 Å². The number of esters is 2. The van der Waals surface area contributed by atoms with Gasteiger partial charge in [-0.05, 0) is 44.1 Å². The van der Waals surface area contributed by atoms with Crippen molar-refractivity contribution >= 4 is 33.4 Å². The van der Waals surface area contributed by atoms with Crippen molar-refractivity contribution < 1.29 is 81.6 Å². The van der Waals surface area contributed by atoms with Crippen molar-refractivity contribution in [2.45, 2.75) is 160 Å². The van der Waals surface area contributed by atoms with Crippen LogP contribution in [0.25, 0.3) is 0 Å². The summed E-state index contributed by atoms with van der Waals surface area (Å²) in [4.78, 5) is 61.7. The minimum Gasteiger partial charge on any atom is -0.462 e. The standard InChI is InChI=1S/C45H73N3O18P2/c1-4-6-15-22-34(49)23-17-12-8-9-13-18-24-36(50)37(51)25-20-27-40(52)61-30-35(64-41(53)26-19-14-10-7-11-16-21-33(3)5-2)31-62-67(57,58)66-68(59,60)63-32-38-42(54)43(55)44(65-38)48-29-28-39(46)47-45(48)56/h6,8-9,12-13,15,17-18,23-24,28-29,33-38,42-44,49-51,54-55H,4-5,7,10-11,14,16,19-22,25-27,30-32H2,1-3H3,(H,57,58)(H,59,60)(H2,46,47,56)/b12-8+,13-9-,15-6-,23-17+,24-18-/t33?,34-,35-,36+,37+,38-,42-,43-,44-/m1/s1. The summed E-state index contributed by atoms with van der Waals surface area (Å²) in [5, 5.41) is 51.4. The molecule has 1 aromatic heterocycles. The van der Waals surface area contributed by atoms with Crippen molar-refractivity contribution in [1.82, 2.24) is 9.55 Å². The highest BCUT2D eigenvalue weighted by molar-refractivity contribution is 7.61. The SMILES string of the molecule is CC/C=C\C[C@@H](O)/C=C/C=C/C=C\C=C/[C@H](O)[C@@H](O)CCCC(=O)OC[C@H](COP(=O)(O)OP(=O)(O)OC[C@H]1O[C@@H](n2ccc(N)nc2=O)[C@H](O)[C@@H]1O)OC(=O)CCCCCCCCC(C)CC. The van der Waals surface area contributed by atoms with E-state index in [1.807, 2.05) is 19.1 Å². The zero-order chi connectivity index (χ0) is 50.5. The number of hydrogen-bond acceptors (Lipinski definition) is 18. The average molecular weight is 1010 g/mol. The molecule has 3 unspecified atom stereocenters. The van der Waals surface area contributed by atoms with Crippen molar-refractivity contribution in [3.63, 3.8) is 0 Å². The topological polar surface area (TPSA) is 326 Å². The van der Waals surface area contributed by atoms with Gasteiger partial charge >= 0.3 is 33.3 Å². The lowest BCUT2D eigenvalue weighted by Crippen LogP contribution is -2.36. The van der Waals surface area contributed by atoms with E-state index in [2.05, 4.69) is 23.1 Å². The Labute approximate surface area is 398 Å². The molecule has 68 heavy (non-hydrogen) atoms. The molecule has 1 saturated heterocycles. The van der Waals surface area contributed by atoms with Crippen molar-refractivity contribution in [1.29, 1.82) is 0 Å². The number of carbonyl (C=O) groups excluding carboxylic acids is 2. The Kier molecular flexibility index (Phi) is 29.4. The smallest absolute Gasteiger partial charge is 0.462 e. The fourth-order valence-corrected chi connectivity index (χ4v) is 8.50. The number of nitrogen functional groups attached to an aromatic ring is 1. The Balaban J connectivity index is 1.91. The molecule has 0 amide bonds. The highest BCUT2D eigenvalue weighted by Crippen LogP contribution is 2.60. The third-order valence-corrected chi connectivity index (χ3v) is 13.1. The molecule has 11 atom stereocenters. The molecule has 0 saturated carbocycles. The van der Waals surface area contributed by atoms with Gasteiger partial charge in [-0.15, -0.1) is 0 Å². The van der Waals surface area contributed by atoms with E-state index in [1.165, 1.54) is 18.2 Å². The fraction of sp³-hybridized carbons (Fsp3) is 0.644. The molecule has 0 radical (unpaired) electrons. The molecule has 1 aromatic rings. The van der Waals surface area contributed by atoms with Gasteiger partial charge in [0.15, 0.2) is 12.3 Å². The van der Waals surface area contributed by atoms with E-state index in [4.69, 9.17) is 29.0 Å². The molecule has 1 aliphatic rings. The van der Waals surface area contributed by atoms with Crippen molar-refractivity contribution in [3.05, 3.63) is 83.5 Å². The summed E-state index contributed by atoms with van der Waals surface area (Å²) >= 11 is 0. The van der Waals surface area contributed by atoms with Crippen LogP contribution in [-0.4, -0.2) is 119 Å². The molecule has 9 N–H and O–H groups in total. The maximum atomic E-state index is 12.8. The normalized spacial score (nSPS) is 21.9. The van der Waals surface area contributed by atoms with E-state index in [9.17, 15) is 58.8 Å². The highest BCUT2D eigenvalue weighted by Gasteiger charge is 2.46. The number of nitrogens with two attached hydrogens (primary N) is 1. The van der Waals surface area contributed by atoms with Crippen LogP contribution in [0.15, 0.2) is 77.8 Å². The van der Waals surface area contributed by atoms with E-state index in [1.54, 1.807) is 36.5 Å². The van der Waals surface area contributed by atoms with Gasteiger partial charge in [0.2, 0.25) is 0 Å². The first-order valence-electron chi connectivity index (χ1n) is 23.0. The molecule has 0 bridgehead atoms. The lowest BCUT2D eigenvalue weighted by Gasteiger charge is -2.21. The Morgan fingerprint density at radius 3 is 2.15 bits per heavy atom. The number of nitrogens with zero attached hydrogens (tertiary/aromatic N) is 2. The number of hydrogen-bond donors (Lipinski definition) is 8. The molecule has 2 rings (SSSR count). The number of aliphatic hydroxyl groups excluding tert-OH is 5. The van der Waals surface area contributed by atoms with Gasteiger partial charge in [-0.2, -0.15) is 9.29 Å². The lowest BCUT2D eigenvalue weighted by molar-refractivity contribution is -0.161. The molecule has 2 heterocycles. The average Bonchev–Trinajstić information content (AvgIpc) is 3.56. The summed E-state index contributed by atoms with van der Waals surface area (Å²) < 4.78 is 56.3. The summed E-state index contributed by atoms with van der Waals surface area (Å²) in [6, 6.07) is 1.22. The molecule has 0 aliphatic carbocycles. The lowest BCUT2D eigenvalue weighted by atomic mass is 10.00. The van der Waals surface area contributed by atoms with Gasteiger partial charge < -0.3 is 55.3 Å². The third kappa shape index (κ3) is 25.8. The first-order chi connectivity index (χ1) is 32.3. The van der Waals surface area contributed by atoms with Gasteiger partial charge in [0.25, 0.3) is 0 Å². The van der Waals surface area contributed by atoms with Gasteiger partial charge in [-0.25, -0.2) is 13.9 Å². The van der Waals surface area contributed by atoms with E-state index in [-0.39, 0.29) is 31.5 Å². The van der Waals surface area contributed by atoms with Gasteiger partial charge in [0.05, 0.1) is 31.5 Å². The Morgan fingerprint density at radius 2 is 1.47 bits per heavy atom. The number of allylic oxidation sites excluding steroid dienone is 7. The molecular weight excluding hydrogens is 932 g/mol. The molecule has 0 spiro atoms. The Morgan fingerprint density at radius 1 is 0.838 bits per heavy atom. The van der Waals surface area contributed by atoms with Crippen molar-refractivity contribution in [3.8, 4) is 0 Å². The summed E-state index contributed by atoms with van der Waals surface area (Å²) in [6.45, 7) is 3.79. The van der Waals surface area contributed by atoms with Crippen LogP contribution in [0.3, 0.4) is 0 Å². The predicted octanol–water partition coefficient (Wildman–Crippen LogP) is 5.15. The molecule has 386 valence electrons. The largest absolute Gasteiger partial charge is 0.481 e. The number of aliphatic hydroxyl groups is 5. The van der Waals surface area contributed by atoms with Crippen LogP contribution in [0.1, 0.15) is 117 Å². The van der Waals surface area contributed by atoms with Gasteiger partial charge in [-0.1, -0.05) is 126 Å². The van der Waals surface area contributed by atoms with E-state index in [0.717, 1.165) is 62.1 Å². The summed E-state index contributed by atoms with van der Waals surface area (Å²) in [5.41, 5.74) is 4.54. The second-order valence-corrected chi connectivity index (χ2v) is 19.4. The quantitative estimate of drug-likeness (QED) is 0.0143. The molecule has 0 aromatic carbocycles. The molecule has 21 nitrogen and oxygen atoms in total. The van der Waals surface area contributed by atoms with E-state index in [0.29, 0.717) is 18.8 Å². The maximum Gasteiger partial charge on any atom is 0.481 e. The van der Waals surface area contributed by atoms with Crippen LogP contribution in [0.2, 0.25) is 0 Å². The second kappa shape index (κ2) is 33.0. The molecule has 23 heteroatoms. The zero-order valence-corrected chi connectivity index (χ0v) is 40.9. The Hall–Kier alpha value is -3.66. The number of phosphoric acid groups is 2. The number of carbonyl (C=O) groups is 2. The second-order valence-electron chi connectivity index (χ2n) is 16.3. The minimum absolute atomic E-state index is 0.00554. The summed E-state index contributed by atoms with van der Waals surface area (Å²) in [5.74, 6) is -0.982. The van der Waals surface area contributed by atoms with Gasteiger partial charge in [-0.3, -0.25) is 23.2 Å². The maximum absolute atomic E-state index is 12.8. The van der Waals surface area contributed by atoms with Crippen LogP contribution >= 0.6 is 15.6 Å². The molecule has 1 aliphatic heterocycles. The van der Waals surface area contributed by atoms with E-state index >= 15 is 0 Å². The van der Waals surface area contributed by atoms with Crippen LogP contribution in [0.4, 0.5) is 5.82 Å². The monoisotopic (exact) mass is 1010 g/mol.